The molecule has 1 unspecified atom stereocenters. The average Bonchev–Trinajstić information content (AvgIpc) is 3.25. The van der Waals surface area contributed by atoms with Crippen LogP contribution in [0.25, 0.3) is 0 Å². The van der Waals surface area contributed by atoms with Gasteiger partial charge in [-0.2, -0.15) is 0 Å². The van der Waals surface area contributed by atoms with Crippen LogP contribution >= 0.6 is 0 Å². The van der Waals surface area contributed by atoms with Crippen molar-refractivity contribution in [2.75, 3.05) is 26.7 Å². The number of likely N-dealkylation sites (tertiary alicyclic amines) is 2. The van der Waals surface area contributed by atoms with E-state index in [2.05, 4.69) is 29.2 Å². The standard InChI is InChI=1S/C21H30N2O2/c1-22-13-6-11-21(20(22)24)12-14-23(16-21)15-17-7-2-5-10-19(17)25-18-8-3-4-9-18/h2,5,7,10,18H,3-4,6,8-9,11-16H2,1H3. The monoisotopic (exact) mass is 342 g/mol. The zero-order valence-corrected chi connectivity index (χ0v) is 15.4. The SMILES string of the molecule is CN1CCCC2(CCN(Cc3ccccc3OC3CCCC3)C2)C1=O. The van der Waals surface area contributed by atoms with E-state index in [1.54, 1.807) is 0 Å². The molecule has 2 saturated heterocycles. The highest BCUT2D eigenvalue weighted by molar-refractivity contribution is 5.83. The number of para-hydroxylation sites is 1. The molecule has 1 atom stereocenters. The van der Waals surface area contributed by atoms with Gasteiger partial charge in [-0.25, -0.2) is 0 Å². The fourth-order valence-corrected chi connectivity index (χ4v) is 4.92. The maximum Gasteiger partial charge on any atom is 0.229 e. The van der Waals surface area contributed by atoms with Crippen LogP contribution in [0.1, 0.15) is 50.5 Å². The third-order valence-electron chi connectivity index (χ3n) is 6.34. The minimum atomic E-state index is -0.131. The van der Waals surface area contributed by atoms with E-state index in [0.717, 1.165) is 51.2 Å². The van der Waals surface area contributed by atoms with Gasteiger partial charge in [-0.05, 0) is 57.6 Å². The second kappa shape index (κ2) is 6.99. The molecule has 0 radical (unpaired) electrons. The lowest BCUT2D eigenvalue weighted by molar-refractivity contribution is -0.143. The molecule has 1 aromatic carbocycles. The van der Waals surface area contributed by atoms with Crippen LogP contribution in [0.15, 0.2) is 24.3 Å². The molecule has 1 spiro atoms. The number of carbonyl (C=O) groups is 1. The number of rotatable bonds is 4. The summed E-state index contributed by atoms with van der Waals surface area (Å²) < 4.78 is 6.29. The molecule has 4 nitrogen and oxygen atoms in total. The van der Waals surface area contributed by atoms with Crippen molar-refractivity contribution < 1.29 is 9.53 Å². The number of hydrogen-bond acceptors (Lipinski definition) is 3. The first-order chi connectivity index (χ1) is 12.2. The van der Waals surface area contributed by atoms with Gasteiger partial charge >= 0.3 is 0 Å². The van der Waals surface area contributed by atoms with E-state index in [0.29, 0.717) is 12.0 Å². The van der Waals surface area contributed by atoms with Crippen LogP contribution in [0.3, 0.4) is 0 Å². The lowest BCUT2D eigenvalue weighted by Crippen LogP contribution is -2.48. The van der Waals surface area contributed by atoms with Gasteiger partial charge in [-0.1, -0.05) is 18.2 Å². The average molecular weight is 342 g/mol. The van der Waals surface area contributed by atoms with Crippen molar-refractivity contribution in [1.29, 1.82) is 0 Å². The molecule has 2 aliphatic heterocycles. The molecule has 1 amide bonds. The van der Waals surface area contributed by atoms with E-state index >= 15 is 0 Å². The van der Waals surface area contributed by atoms with E-state index in [-0.39, 0.29) is 5.41 Å². The van der Waals surface area contributed by atoms with Crippen LogP contribution in [0.4, 0.5) is 0 Å². The summed E-state index contributed by atoms with van der Waals surface area (Å²) in [6, 6.07) is 8.46. The van der Waals surface area contributed by atoms with Crippen LogP contribution in [-0.4, -0.2) is 48.5 Å². The van der Waals surface area contributed by atoms with Crippen molar-refractivity contribution in [3.8, 4) is 5.75 Å². The third kappa shape index (κ3) is 3.41. The molecule has 25 heavy (non-hydrogen) atoms. The lowest BCUT2D eigenvalue weighted by Gasteiger charge is -2.37. The Balaban J connectivity index is 1.44. The molecule has 1 aromatic rings. The van der Waals surface area contributed by atoms with Gasteiger partial charge < -0.3 is 9.64 Å². The number of ether oxygens (including phenoxy) is 1. The quantitative estimate of drug-likeness (QED) is 0.840. The third-order valence-corrected chi connectivity index (χ3v) is 6.34. The summed E-state index contributed by atoms with van der Waals surface area (Å²) >= 11 is 0. The first-order valence-corrected chi connectivity index (χ1v) is 9.89. The van der Waals surface area contributed by atoms with Crippen molar-refractivity contribution >= 4 is 5.91 Å². The lowest BCUT2D eigenvalue weighted by atomic mass is 9.78. The van der Waals surface area contributed by atoms with Gasteiger partial charge in [0.05, 0.1) is 11.5 Å². The fraction of sp³-hybridized carbons (Fsp3) is 0.667. The summed E-state index contributed by atoms with van der Waals surface area (Å²) in [6.07, 6.45) is 8.52. The van der Waals surface area contributed by atoms with Gasteiger partial charge in [0.1, 0.15) is 5.75 Å². The number of benzene rings is 1. The number of hydrogen-bond donors (Lipinski definition) is 0. The van der Waals surface area contributed by atoms with Crippen molar-refractivity contribution in [3.63, 3.8) is 0 Å². The van der Waals surface area contributed by atoms with E-state index < -0.39 is 0 Å². The number of carbonyl (C=O) groups excluding carboxylic acids is 1. The molecule has 1 aliphatic carbocycles. The molecule has 0 N–H and O–H groups in total. The Labute approximate surface area is 151 Å². The minimum absolute atomic E-state index is 0.131. The Bertz CT molecular complexity index is 626. The predicted molar refractivity (Wildman–Crippen MR) is 98.5 cm³/mol. The highest BCUT2D eigenvalue weighted by Crippen LogP contribution is 2.40. The number of nitrogens with zero attached hydrogens (tertiary/aromatic N) is 2. The van der Waals surface area contributed by atoms with E-state index in [4.69, 9.17) is 4.74 Å². The second-order valence-corrected chi connectivity index (χ2v) is 8.20. The molecular formula is C21H30N2O2. The molecule has 2 heterocycles. The van der Waals surface area contributed by atoms with E-state index in [1.807, 2.05) is 11.9 Å². The van der Waals surface area contributed by atoms with E-state index in [9.17, 15) is 4.79 Å². The first kappa shape index (κ1) is 16.9. The van der Waals surface area contributed by atoms with E-state index in [1.165, 1.54) is 31.2 Å². The van der Waals surface area contributed by atoms with Crippen LogP contribution in [0, 0.1) is 5.41 Å². The fourth-order valence-electron chi connectivity index (χ4n) is 4.92. The molecule has 0 aromatic heterocycles. The highest BCUT2D eigenvalue weighted by Gasteiger charge is 2.47. The molecule has 4 rings (SSSR count). The summed E-state index contributed by atoms with van der Waals surface area (Å²) in [5.41, 5.74) is 1.14. The first-order valence-electron chi connectivity index (χ1n) is 9.89. The van der Waals surface area contributed by atoms with Gasteiger partial charge in [-0.3, -0.25) is 9.69 Å². The Morgan fingerprint density at radius 2 is 1.92 bits per heavy atom. The summed E-state index contributed by atoms with van der Waals surface area (Å²) in [5, 5.41) is 0. The van der Waals surface area contributed by atoms with Crippen molar-refractivity contribution in [2.45, 2.75) is 57.6 Å². The Kier molecular flexibility index (Phi) is 4.72. The van der Waals surface area contributed by atoms with Gasteiger partial charge in [-0.15, -0.1) is 0 Å². The molecular weight excluding hydrogens is 312 g/mol. The highest BCUT2D eigenvalue weighted by atomic mass is 16.5. The molecule has 0 bridgehead atoms. The summed E-state index contributed by atoms with van der Waals surface area (Å²) in [7, 11) is 1.96. The van der Waals surface area contributed by atoms with Crippen molar-refractivity contribution in [3.05, 3.63) is 29.8 Å². The summed E-state index contributed by atoms with van der Waals surface area (Å²) in [4.78, 5) is 17.1. The zero-order chi connectivity index (χ0) is 17.3. The summed E-state index contributed by atoms with van der Waals surface area (Å²) in [5.74, 6) is 1.40. The van der Waals surface area contributed by atoms with Crippen LogP contribution < -0.4 is 4.74 Å². The van der Waals surface area contributed by atoms with Gasteiger partial charge in [0.15, 0.2) is 0 Å². The number of amides is 1. The molecule has 136 valence electrons. The maximum atomic E-state index is 12.7. The molecule has 3 aliphatic rings. The van der Waals surface area contributed by atoms with Gasteiger partial charge in [0, 0.05) is 32.2 Å². The maximum absolute atomic E-state index is 12.7. The Morgan fingerprint density at radius 1 is 1.12 bits per heavy atom. The van der Waals surface area contributed by atoms with Gasteiger partial charge in [0.2, 0.25) is 5.91 Å². The van der Waals surface area contributed by atoms with Crippen molar-refractivity contribution in [1.82, 2.24) is 9.80 Å². The Hall–Kier alpha value is -1.55. The van der Waals surface area contributed by atoms with Crippen LogP contribution in [0.2, 0.25) is 0 Å². The minimum Gasteiger partial charge on any atom is -0.490 e. The zero-order valence-electron chi connectivity index (χ0n) is 15.4. The Morgan fingerprint density at radius 3 is 2.76 bits per heavy atom. The van der Waals surface area contributed by atoms with Crippen molar-refractivity contribution in [2.24, 2.45) is 5.41 Å². The van der Waals surface area contributed by atoms with Crippen LogP contribution in [0.5, 0.6) is 5.75 Å². The van der Waals surface area contributed by atoms with Crippen LogP contribution in [-0.2, 0) is 11.3 Å². The topological polar surface area (TPSA) is 32.8 Å². The summed E-state index contributed by atoms with van der Waals surface area (Å²) in [6.45, 7) is 3.71. The molecule has 4 heteroatoms. The normalized spacial score (nSPS) is 28.2. The molecule has 3 fully saturated rings. The van der Waals surface area contributed by atoms with Gasteiger partial charge in [0.25, 0.3) is 0 Å². The second-order valence-electron chi connectivity index (χ2n) is 8.20. The number of piperidine rings is 1. The predicted octanol–water partition coefficient (Wildman–Crippen LogP) is 3.45. The largest absolute Gasteiger partial charge is 0.490 e. The smallest absolute Gasteiger partial charge is 0.229 e. The molecule has 1 saturated carbocycles.